The van der Waals surface area contributed by atoms with Crippen LogP contribution in [0.25, 0.3) is 28.2 Å². The fraction of sp³-hybridized carbons (Fsp3) is 0.133. The molecule has 4 heterocycles. The summed E-state index contributed by atoms with van der Waals surface area (Å²) >= 11 is 0. The van der Waals surface area contributed by atoms with Crippen molar-refractivity contribution in [3.63, 3.8) is 0 Å². The summed E-state index contributed by atoms with van der Waals surface area (Å²) in [5.41, 5.74) is 1.35. The SMILES string of the molecule is c1cnn2cc(-c3cc4ccc5c(c4o3)OCCO5)nc2n1. The molecule has 0 bridgehead atoms. The molecule has 0 saturated heterocycles. The van der Waals surface area contributed by atoms with Crippen LogP contribution in [-0.2, 0) is 0 Å². The van der Waals surface area contributed by atoms with Crippen LogP contribution in [0.15, 0.2) is 41.2 Å². The Morgan fingerprint density at radius 3 is 3.00 bits per heavy atom. The Morgan fingerprint density at radius 2 is 2.05 bits per heavy atom. The number of rotatable bonds is 1. The second-order valence-electron chi connectivity index (χ2n) is 4.93. The second kappa shape index (κ2) is 4.20. The third kappa shape index (κ3) is 1.59. The van der Waals surface area contributed by atoms with E-state index in [0.29, 0.717) is 47.5 Å². The number of hydrogen-bond donors (Lipinski definition) is 0. The first kappa shape index (κ1) is 11.6. The van der Waals surface area contributed by atoms with Crippen LogP contribution in [0.5, 0.6) is 11.5 Å². The minimum atomic E-state index is 0.518. The zero-order valence-electron chi connectivity index (χ0n) is 11.4. The smallest absolute Gasteiger partial charge is 0.251 e. The highest BCUT2D eigenvalue weighted by Gasteiger charge is 2.20. The first-order valence-electron chi connectivity index (χ1n) is 6.87. The van der Waals surface area contributed by atoms with Crippen molar-refractivity contribution >= 4 is 16.7 Å². The van der Waals surface area contributed by atoms with Gasteiger partial charge < -0.3 is 13.9 Å². The Bertz CT molecular complexity index is 972. The highest BCUT2D eigenvalue weighted by atomic mass is 16.6. The van der Waals surface area contributed by atoms with Crippen molar-refractivity contribution in [1.29, 1.82) is 0 Å². The van der Waals surface area contributed by atoms with Gasteiger partial charge in [0.1, 0.15) is 18.9 Å². The summed E-state index contributed by atoms with van der Waals surface area (Å²) in [7, 11) is 0. The molecule has 0 fully saturated rings. The maximum Gasteiger partial charge on any atom is 0.251 e. The van der Waals surface area contributed by atoms with Gasteiger partial charge in [0, 0.05) is 5.39 Å². The molecule has 0 radical (unpaired) electrons. The Kier molecular flexibility index (Phi) is 2.21. The standard InChI is InChI=1S/C15H10N4O3/c1-2-11-14(21-6-5-20-11)13-9(1)7-12(22-13)10-8-19-15(18-10)16-3-4-17-19/h1-4,7-8H,5-6H2. The molecule has 22 heavy (non-hydrogen) atoms. The summed E-state index contributed by atoms with van der Waals surface area (Å²) in [5, 5.41) is 5.10. The molecule has 1 aromatic carbocycles. The molecule has 1 aliphatic rings. The molecule has 3 aromatic heterocycles. The average molecular weight is 294 g/mol. The van der Waals surface area contributed by atoms with Gasteiger partial charge in [-0.1, -0.05) is 0 Å². The lowest BCUT2D eigenvalue weighted by molar-refractivity contribution is 0.172. The molecule has 0 spiro atoms. The Balaban J connectivity index is 1.71. The van der Waals surface area contributed by atoms with Crippen molar-refractivity contribution in [2.75, 3.05) is 13.2 Å². The Morgan fingerprint density at radius 1 is 1.09 bits per heavy atom. The van der Waals surface area contributed by atoms with Crippen molar-refractivity contribution < 1.29 is 13.9 Å². The van der Waals surface area contributed by atoms with Crippen LogP contribution >= 0.6 is 0 Å². The van der Waals surface area contributed by atoms with E-state index < -0.39 is 0 Å². The topological polar surface area (TPSA) is 74.7 Å². The lowest BCUT2D eigenvalue weighted by Gasteiger charge is -2.17. The first-order chi connectivity index (χ1) is 10.9. The number of aromatic nitrogens is 4. The van der Waals surface area contributed by atoms with E-state index in [1.165, 1.54) is 0 Å². The molecular weight excluding hydrogens is 284 g/mol. The van der Waals surface area contributed by atoms with Crippen molar-refractivity contribution in [3.05, 3.63) is 36.8 Å². The third-order valence-electron chi connectivity index (χ3n) is 3.56. The molecular formula is C15H10N4O3. The number of hydrogen-bond acceptors (Lipinski definition) is 6. The molecule has 4 aromatic rings. The molecule has 7 nitrogen and oxygen atoms in total. The van der Waals surface area contributed by atoms with Crippen LogP contribution in [0.4, 0.5) is 0 Å². The van der Waals surface area contributed by atoms with E-state index in [1.54, 1.807) is 23.1 Å². The van der Waals surface area contributed by atoms with E-state index in [9.17, 15) is 0 Å². The molecule has 0 amide bonds. The predicted octanol–water partition coefficient (Wildman–Crippen LogP) is 2.31. The molecule has 0 saturated carbocycles. The third-order valence-corrected chi connectivity index (χ3v) is 3.56. The minimum Gasteiger partial charge on any atom is -0.486 e. The fourth-order valence-corrected chi connectivity index (χ4v) is 2.59. The van der Waals surface area contributed by atoms with Gasteiger partial charge in [-0.2, -0.15) is 5.10 Å². The quantitative estimate of drug-likeness (QED) is 0.536. The predicted molar refractivity (Wildman–Crippen MR) is 77.0 cm³/mol. The molecule has 0 N–H and O–H groups in total. The van der Waals surface area contributed by atoms with Crippen molar-refractivity contribution in [1.82, 2.24) is 19.6 Å². The van der Waals surface area contributed by atoms with E-state index in [2.05, 4.69) is 15.1 Å². The van der Waals surface area contributed by atoms with Gasteiger partial charge in [0.2, 0.25) is 5.75 Å². The Labute approximate surface area is 124 Å². The van der Waals surface area contributed by atoms with Crippen LogP contribution < -0.4 is 9.47 Å². The maximum atomic E-state index is 5.95. The summed E-state index contributed by atoms with van der Waals surface area (Å²) in [5.74, 6) is 2.53. The summed E-state index contributed by atoms with van der Waals surface area (Å²) in [6, 6.07) is 5.76. The number of furan rings is 1. The zero-order chi connectivity index (χ0) is 14.5. The number of imidazole rings is 1. The van der Waals surface area contributed by atoms with Crippen molar-refractivity contribution in [2.45, 2.75) is 0 Å². The van der Waals surface area contributed by atoms with Crippen molar-refractivity contribution in [3.8, 4) is 23.0 Å². The van der Waals surface area contributed by atoms with Crippen LogP contribution in [0.2, 0.25) is 0 Å². The summed E-state index contributed by atoms with van der Waals surface area (Å²) in [6.07, 6.45) is 4.99. The van der Waals surface area contributed by atoms with Crippen LogP contribution in [0, 0.1) is 0 Å². The maximum absolute atomic E-state index is 5.95. The first-order valence-corrected chi connectivity index (χ1v) is 6.87. The van der Waals surface area contributed by atoms with Gasteiger partial charge in [0.15, 0.2) is 17.1 Å². The number of benzene rings is 1. The highest BCUT2D eigenvalue weighted by molar-refractivity contribution is 5.89. The number of fused-ring (bicyclic) bond motifs is 4. The van der Waals surface area contributed by atoms with Gasteiger partial charge in [-0.25, -0.2) is 14.5 Å². The zero-order valence-corrected chi connectivity index (χ0v) is 11.4. The van der Waals surface area contributed by atoms with Crippen LogP contribution in [0.3, 0.4) is 0 Å². The van der Waals surface area contributed by atoms with Gasteiger partial charge in [0.05, 0.1) is 18.6 Å². The fourth-order valence-electron chi connectivity index (χ4n) is 2.59. The normalized spacial score (nSPS) is 13.8. The van der Waals surface area contributed by atoms with Gasteiger partial charge in [-0.3, -0.25) is 0 Å². The lowest BCUT2D eigenvalue weighted by atomic mass is 10.2. The summed E-state index contributed by atoms with van der Waals surface area (Å²) < 4.78 is 18.8. The van der Waals surface area contributed by atoms with Crippen molar-refractivity contribution in [2.24, 2.45) is 0 Å². The van der Waals surface area contributed by atoms with E-state index >= 15 is 0 Å². The minimum absolute atomic E-state index is 0.518. The molecule has 108 valence electrons. The summed E-state index contributed by atoms with van der Waals surface area (Å²) in [6.45, 7) is 1.07. The molecule has 5 rings (SSSR count). The van der Waals surface area contributed by atoms with E-state index in [1.807, 2.05) is 18.2 Å². The number of ether oxygens (including phenoxy) is 2. The van der Waals surface area contributed by atoms with E-state index in [-0.39, 0.29) is 0 Å². The average Bonchev–Trinajstić information content (AvgIpc) is 3.18. The lowest BCUT2D eigenvalue weighted by Crippen LogP contribution is -2.15. The van der Waals surface area contributed by atoms with E-state index in [0.717, 1.165) is 5.39 Å². The summed E-state index contributed by atoms with van der Waals surface area (Å²) in [4.78, 5) is 8.57. The number of nitrogens with zero attached hydrogens (tertiary/aromatic N) is 4. The molecule has 7 heteroatoms. The Hall–Kier alpha value is -3.09. The second-order valence-corrected chi connectivity index (χ2v) is 4.93. The van der Waals surface area contributed by atoms with E-state index in [4.69, 9.17) is 13.9 Å². The monoisotopic (exact) mass is 294 g/mol. The largest absolute Gasteiger partial charge is 0.486 e. The molecule has 1 aliphatic heterocycles. The van der Waals surface area contributed by atoms with Gasteiger partial charge in [0.25, 0.3) is 5.78 Å². The molecule has 0 aliphatic carbocycles. The van der Waals surface area contributed by atoms with Gasteiger partial charge in [-0.05, 0) is 18.2 Å². The van der Waals surface area contributed by atoms with Crippen LogP contribution in [-0.4, -0.2) is 32.8 Å². The highest BCUT2D eigenvalue weighted by Crippen LogP contribution is 2.40. The van der Waals surface area contributed by atoms with Crippen LogP contribution in [0.1, 0.15) is 0 Å². The molecule has 0 atom stereocenters. The molecule has 0 unspecified atom stereocenters. The van der Waals surface area contributed by atoms with Gasteiger partial charge >= 0.3 is 0 Å². The van der Waals surface area contributed by atoms with Gasteiger partial charge in [-0.15, -0.1) is 0 Å².